The van der Waals surface area contributed by atoms with Gasteiger partial charge in [0.1, 0.15) is 18.2 Å². The van der Waals surface area contributed by atoms with E-state index in [9.17, 15) is 0 Å². The number of rotatable bonds is 5. The maximum absolute atomic E-state index is 5.66. The summed E-state index contributed by atoms with van der Waals surface area (Å²) in [6.45, 7) is 5.48. The lowest BCUT2D eigenvalue weighted by Gasteiger charge is -2.10. The standard InChI is InChI=1S/C13H17N3OS/c1-10(2)12-14-15-13(18)16(12)8-9-17-11-6-4-3-5-7-11/h3-7,10H,8-9H2,1-2H3,(H,15,18). The van der Waals surface area contributed by atoms with Crippen molar-refractivity contribution in [3.63, 3.8) is 0 Å². The second-order valence-corrected chi connectivity index (χ2v) is 4.74. The van der Waals surface area contributed by atoms with Gasteiger partial charge in [0.2, 0.25) is 0 Å². The van der Waals surface area contributed by atoms with Crippen LogP contribution in [0.2, 0.25) is 0 Å². The van der Waals surface area contributed by atoms with Crippen LogP contribution in [0.25, 0.3) is 0 Å². The molecule has 1 heterocycles. The first-order valence-corrected chi connectivity index (χ1v) is 6.42. The van der Waals surface area contributed by atoms with Gasteiger partial charge in [0.15, 0.2) is 4.77 Å². The molecule has 0 radical (unpaired) electrons. The molecule has 2 rings (SSSR count). The first kappa shape index (κ1) is 12.8. The topological polar surface area (TPSA) is 42.8 Å². The smallest absolute Gasteiger partial charge is 0.195 e. The Hall–Kier alpha value is -1.62. The minimum absolute atomic E-state index is 0.342. The van der Waals surface area contributed by atoms with Crippen molar-refractivity contribution in [1.29, 1.82) is 0 Å². The van der Waals surface area contributed by atoms with E-state index in [0.29, 0.717) is 23.8 Å². The third kappa shape index (κ3) is 2.98. The van der Waals surface area contributed by atoms with E-state index in [1.807, 2.05) is 34.9 Å². The summed E-state index contributed by atoms with van der Waals surface area (Å²) in [5.41, 5.74) is 0. The van der Waals surface area contributed by atoms with Gasteiger partial charge in [0.05, 0.1) is 6.54 Å². The molecule has 1 aromatic heterocycles. The van der Waals surface area contributed by atoms with Crippen molar-refractivity contribution < 1.29 is 4.74 Å². The molecule has 0 aliphatic heterocycles. The van der Waals surface area contributed by atoms with E-state index in [0.717, 1.165) is 11.6 Å². The van der Waals surface area contributed by atoms with Crippen LogP contribution in [0.1, 0.15) is 25.6 Å². The Bertz CT molecular complexity index is 545. The quantitative estimate of drug-likeness (QED) is 0.843. The summed E-state index contributed by atoms with van der Waals surface area (Å²) in [7, 11) is 0. The second-order valence-electron chi connectivity index (χ2n) is 4.35. The Kier molecular flexibility index (Phi) is 4.15. The van der Waals surface area contributed by atoms with Gasteiger partial charge in [0.25, 0.3) is 0 Å². The molecule has 0 saturated heterocycles. The lowest BCUT2D eigenvalue weighted by Crippen LogP contribution is -2.12. The average molecular weight is 263 g/mol. The van der Waals surface area contributed by atoms with Crippen LogP contribution in [0, 0.1) is 4.77 Å². The predicted molar refractivity (Wildman–Crippen MR) is 73.4 cm³/mol. The molecule has 4 nitrogen and oxygen atoms in total. The summed E-state index contributed by atoms with van der Waals surface area (Å²) >= 11 is 5.21. The number of para-hydroxylation sites is 1. The summed E-state index contributed by atoms with van der Waals surface area (Å²) in [6, 6.07) is 9.77. The number of nitrogens with zero attached hydrogens (tertiary/aromatic N) is 2. The second kappa shape index (κ2) is 5.82. The van der Waals surface area contributed by atoms with E-state index in [-0.39, 0.29) is 0 Å². The molecule has 0 aliphatic rings. The molecule has 0 bridgehead atoms. The molecule has 0 spiro atoms. The van der Waals surface area contributed by atoms with Gasteiger partial charge in [-0.05, 0) is 24.4 Å². The van der Waals surface area contributed by atoms with Crippen molar-refractivity contribution in [1.82, 2.24) is 14.8 Å². The Morgan fingerprint density at radius 3 is 2.72 bits per heavy atom. The fraction of sp³-hybridized carbons (Fsp3) is 0.385. The van der Waals surface area contributed by atoms with Gasteiger partial charge in [0, 0.05) is 5.92 Å². The SMILES string of the molecule is CC(C)c1n[nH]c(=S)n1CCOc1ccccc1. The molecule has 1 aromatic carbocycles. The zero-order valence-electron chi connectivity index (χ0n) is 10.6. The van der Waals surface area contributed by atoms with E-state index in [4.69, 9.17) is 17.0 Å². The van der Waals surface area contributed by atoms with E-state index in [2.05, 4.69) is 24.0 Å². The Morgan fingerprint density at radius 1 is 1.33 bits per heavy atom. The monoisotopic (exact) mass is 263 g/mol. The molecular weight excluding hydrogens is 246 g/mol. The van der Waals surface area contributed by atoms with Crippen molar-refractivity contribution in [3.8, 4) is 5.75 Å². The number of aromatic amines is 1. The first-order valence-electron chi connectivity index (χ1n) is 6.01. The number of benzene rings is 1. The van der Waals surface area contributed by atoms with Crippen LogP contribution in [0.5, 0.6) is 5.75 Å². The van der Waals surface area contributed by atoms with Crippen LogP contribution < -0.4 is 4.74 Å². The average Bonchev–Trinajstić information content (AvgIpc) is 2.73. The largest absolute Gasteiger partial charge is 0.492 e. The van der Waals surface area contributed by atoms with Gasteiger partial charge in [-0.1, -0.05) is 32.0 Å². The summed E-state index contributed by atoms with van der Waals surface area (Å²) in [5.74, 6) is 2.19. The zero-order chi connectivity index (χ0) is 13.0. The van der Waals surface area contributed by atoms with Crippen molar-refractivity contribution in [3.05, 3.63) is 40.9 Å². The van der Waals surface area contributed by atoms with E-state index in [1.54, 1.807) is 0 Å². The van der Waals surface area contributed by atoms with Gasteiger partial charge >= 0.3 is 0 Å². The maximum atomic E-state index is 5.66. The molecule has 0 saturated carbocycles. The molecule has 0 atom stereocenters. The molecule has 0 amide bonds. The van der Waals surface area contributed by atoms with Crippen LogP contribution >= 0.6 is 12.2 Å². The van der Waals surface area contributed by atoms with Gasteiger partial charge in [-0.2, -0.15) is 5.10 Å². The highest BCUT2D eigenvalue weighted by Gasteiger charge is 2.09. The van der Waals surface area contributed by atoms with E-state index < -0.39 is 0 Å². The summed E-state index contributed by atoms with van der Waals surface area (Å²) in [4.78, 5) is 0. The third-order valence-electron chi connectivity index (χ3n) is 2.63. The first-order chi connectivity index (χ1) is 8.68. The van der Waals surface area contributed by atoms with Crippen molar-refractivity contribution in [2.75, 3.05) is 6.61 Å². The molecule has 0 unspecified atom stereocenters. The number of hydrogen-bond acceptors (Lipinski definition) is 3. The minimum Gasteiger partial charge on any atom is -0.492 e. The minimum atomic E-state index is 0.342. The maximum Gasteiger partial charge on any atom is 0.195 e. The van der Waals surface area contributed by atoms with Gasteiger partial charge in [-0.15, -0.1) is 0 Å². The number of aromatic nitrogens is 3. The fourth-order valence-corrected chi connectivity index (χ4v) is 1.99. The molecule has 18 heavy (non-hydrogen) atoms. The molecule has 0 fully saturated rings. The van der Waals surface area contributed by atoms with Crippen LogP contribution in [0.3, 0.4) is 0 Å². The molecule has 96 valence electrons. The molecule has 5 heteroatoms. The lowest BCUT2D eigenvalue weighted by atomic mass is 10.2. The van der Waals surface area contributed by atoms with Crippen molar-refractivity contribution in [2.45, 2.75) is 26.3 Å². The molecule has 1 N–H and O–H groups in total. The van der Waals surface area contributed by atoms with Gasteiger partial charge < -0.3 is 9.30 Å². The number of H-pyrrole nitrogens is 1. The highest BCUT2D eigenvalue weighted by molar-refractivity contribution is 7.71. The predicted octanol–water partition coefficient (Wildman–Crippen LogP) is 3.14. The Balaban J connectivity index is 1.98. The van der Waals surface area contributed by atoms with Gasteiger partial charge in [-0.3, -0.25) is 5.10 Å². The normalized spacial score (nSPS) is 10.8. The lowest BCUT2D eigenvalue weighted by molar-refractivity contribution is 0.294. The molecule has 0 aliphatic carbocycles. The van der Waals surface area contributed by atoms with Gasteiger partial charge in [-0.25, -0.2) is 0 Å². The molecule has 2 aromatic rings. The number of nitrogens with one attached hydrogen (secondary N) is 1. The zero-order valence-corrected chi connectivity index (χ0v) is 11.4. The van der Waals surface area contributed by atoms with E-state index in [1.165, 1.54) is 0 Å². The highest BCUT2D eigenvalue weighted by atomic mass is 32.1. The van der Waals surface area contributed by atoms with Crippen molar-refractivity contribution >= 4 is 12.2 Å². The van der Waals surface area contributed by atoms with Crippen molar-refractivity contribution in [2.24, 2.45) is 0 Å². The van der Waals surface area contributed by atoms with Crippen LogP contribution in [-0.4, -0.2) is 21.4 Å². The Labute approximate surface area is 112 Å². The third-order valence-corrected chi connectivity index (χ3v) is 2.94. The summed E-state index contributed by atoms with van der Waals surface area (Å²) in [5, 5.41) is 7.06. The van der Waals surface area contributed by atoms with Crippen LogP contribution in [-0.2, 0) is 6.54 Å². The molecular formula is C13H17N3OS. The summed E-state index contributed by atoms with van der Waals surface area (Å²) in [6.07, 6.45) is 0. The van der Waals surface area contributed by atoms with E-state index >= 15 is 0 Å². The highest BCUT2D eigenvalue weighted by Crippen LogP contribution is 2.12. The Morgan fingerprint density at radius 2 is 2.06 bits per heavy atom. The van der Waals surface area contributed by atoms with Crippen LogP contribution in [0.4, 0.5) is 0 Å². The van der Waals surface area contributed by atoms with Crippen LogP contribution in [0.15, 0.2) is 30.3 Å². The fourth-order valence-electron chi connectivity index (χ4n) is 1.76. The summed E-state index contributed by atoms with van der Waals surface area (Å²) < 4.78 is 8.30. The number of hydrogen-bond donors (Lipinski definition) is 1. The number of ether oxygens (including phenoxy) is 1.